The number of carbonyl (C=O) groups excluding carboxylic acids is 2. The summed E-state index contributed by atoms with van der Waals surface area (Å²) in [6.07, 6.45) is 6.28. The summed E-state index contributed by atoms with van der Waals surface area (Å²) in [7, 11) is 0. The molecule has 1 amide bonds. The van der Waals surface area contributed by atoms with E-state index in [1.165, 1.54) is 12.5 Å². The Morgan fingerprint density at radius 3 is 2.37 bits per heavy atom. The van der Waals surface area contributed by atoms with Gasteiger partial charge in [-0.3, -0.25) is 19.0 Å². The van der Waals surface area contributed by atoms with Crippen molar-refractivity contribution in [3.05, 3.63) is 63.1 Å². The molecule has 2 aliphatic rings. The van der Waals surface area contributed by atoms with Crippen molar-refractivity contribution in [2.75, 3.05) is 0 Å². The van der Waals surface area contributed by atoms with E-state index in [9.17, 15) is 14.4 Å². The molecule has 1 saturated carbocycles. The maximum absolute atomic E-state index is 13.5. The molecule has 1 heterocycles. The van der Waals surface area contributed by atoms with Crippen molar-refractivity contribution in [1.82, 2.24) is 9.88 Å². The number of amides is 1. The van der Waals surface area contributed by atoms with Crippen LogP contribution in [0.1, 0.15) is 84.3 Å². The van der Waals surface area contributed by atoms with E-state index >= 15 is 0 Å². The Labute approximate surface area is 177 Å². The maximum atomic E-state index is 13.5. The Morgan fingerprint density at radius 2 is 1.70 bits per heavy atom. The van der Waals surface area contributed by atoms with E-state index in [-0.39, 0.29) is 34.3 Å². The summed E-state index contributed by atoms with van der Waals surface area (Å²) in [4.78, 5) is 39.5. The minimum atomic E-state index is -0.367. The molecule has 30 heavy (non-hydrogen) atoms. The van der Waals surface area contributed by atoms with Gasteiger partial charge in [0.2, 0.25) is 0 Å². The van der Waals surface area contributed by atoms with Crippen LogP contribution in [0.4, 0.5) is 0 Å². The monoisotopic (exact) mass is 406 g/mol. The van der Waals surface area contributed by atoms with E-state index in [1.54, 1.807) is 4.57 Å². The standard InChI is InChI=1S/C25H30N2O3/c1-16-9-11-18(12-10-16)27-21-14-25(2,3)15-22(28)19(21)13-20(24(27)30)23(29)26-17-7-5-4-6-8-17/h9-13,17H,4-8,14-15H2,1-3H3,(H,26,29). The summed E-state index contributed by atoms with van der Waals surface area (Å²) >= 11 is 0. The van der Waals surface area contributed by atoms with Crippen molar-refractivity contribution in [2.24, 2.45) is 5.41 Å². The first kappa shape index (κ1) is 20.6. The van der Waals surface area contributed by atoms with E-state index in [1.807, 2.05) is 45.0 Å². The Morgan fingerprint density at radius 1 is 1.03 bits per heavy atom. The quantitative estimate of drug-likeness (QED) is 0.823. The van der Waals surface area contributed by atoms with Crippen LogP contribution in [0.5, 0.6) is 0 Å². The minimum absolute atomic E-state index is 0.00571. The molecule has 1 aromatic heterocycles. The number of pyridine rings is 1. The number of nitrogens with one attached hydrogen (secondary N) is 1. The third-order valence-electron chi connectivity index (χ3n) is 6.37. The van der Waals surface area contributed by atoms with Gasteiger partial charge in [0.15, 0.2) is 5.78 Å². The number of benzene rings is 1. The maximum Gasteiger partial charge on any atom is 0.268 e. The van der Waals surface area contributed by atoms with Gasteiger partial charge in [0.1, 0.15) is 5.56 Å². The van der Waals surface area contributed by atoms with E-state index in [4.69, 9.17) is 0 Å². The molecule has 1 aromatic carbocycles. The van der Waals surface area contributed by atoms with Crippen LogP contribution in [-0.4, -0.2) is 22.3 Å². The zero-order valence-corrected chi connectivity index (χ0v) is 18.1. The molecule has 0 bridgehead atoms. The number of hydrogen-bond donors (Lipinski definition) is 1. The Bertz CT molecular complexity index is 1040. The largest absolute Gasteiger partial charge is 0.349 e. The van der Waals surface area contributed by atoms with Crippen molar-refractivity contribution in [3.63, 3.8) is 0 Å². The van der Waals surface area contributed by atoms with Gasteiger partial charge in [-0.1, -0.05) is 50.8 Å². The summed E-state index contributed by atoms with van der Waals surface area (Å²) in [6, 6.07) is 9.29. The summed E-state index contributed by atoms with van der Waals surface area (Å²) in [6.45, 7) is 6.08. The van der Waals surface area contributed by atoms with Gasteiger partial charge in [-0.15, -0.1) is 0 Å². The molecule has 1 N–H and O–H groups in total. The number of fused-ring (bicyclic) bond motifs is 1. The summed E-state index contributed by atoms with van der Waals surface area (Å²) < 4.78 is 1.59. The third-order valence-corrected chi connectivity index (χ3v) is 6.37. The number of Topliss-reactive ketones (excluding diaryl/α,β-unsaturated/α-hetero) is 1. The lowest BCUT2D eigenvalue weighted by Crippen LogP contribution is -2.42. The fourth-order valence-corrected chi connectivity index (χ4v) is 4.75. The van der Waals surface area contributed by atoms with Crippen LogP contribution in [-0.2, 0) is 6.42 Å². The van der Waals surface area contributed by atoms with E-state index < -0.39 is 0 Å². The van der Waals surface area contributed by atoms with E-state index in [0.717, 1.165) is 31.2 Å². The molecule has 0 atom stereocenters. The first-order valence-electron chi connectivity index (χ1n) is 11.0. The zero-order valence-electron chi connectivity index (χ0n) is 18.1. The highest BCUT2D eigenvalue weighted by molar-refractivity contribution is 6.02. The number of nitrogens with zero attached hydrogens (tertiary/aromatic N) is 1. The molecular formula is C25H30N2O3. The lowest BCUT2D eigenvalue weighted by Gasteiger charge is -2.32. The fraction of sp³-hybridized carbons (Fsp3) is 0.480. The number of hydrogen-bond acceptors (Lipinski definition) is 3. The topological polar surface area (TPSA) is 68.2 Å². The molecule has 0 radical (unpaired) electrons. The highest BCUT2D eigenvalue weighted by atomic mass is 16.2. The first-order valence-corrected chi connectivity index (χ1v) is 11.0. The Kier molecular flexibility index (Phi) is 5.39. The van der Waals surface area contributed by atoms with Gasteiger partial charge in [-0.25, -0.2) is 0 Å². The number of ketones is 1. The second-order valence-corrected chi connectivity index (χ2v) is 9.64. The predicted octanol–water partition coefficient (Wildman–Crippen LogP) is 4.36. The van der Waals surface area contributed by atoms with Crippen molar-refractivity contribution < 1.29 is 9.59 Å². The smallest absolute Gasteiger partial charge is 0.268 e. The van der Waals surface area contributed by atoms with Gasteiger partial charge in [-0.2, -0.15) is 0 Å². The van der Waals surface area contributed by atoms with Crippen LogP contribution in [0.2, 0.25) is 0 Å². The molecule has 1 fully saturated rings. The SMILES string of the molecule is Cc1ccc(-n2c3c(cc(C(=O)NC4CCCCC4)c2=O)C(=O)CC(C)(C)C3)cc1. The molecule has 158 valence electrons. The summed E-state index contributed by atoms with van der Waals surface area (Å²) in [5.74, 6) is -0.373. The molecule has 0 saturated heterocycles. The van der Waals surface area contributed by atoms with E-state index in [2.05, 4.69) is 5.32 Å². The average molecular weight is 407 g/mol. The average Bonchev–Trinajstić information content (AvgIpc) is 2.68. The van der Waals surface area contributed by atoms with Crippen molar-refractivity contribution >= 4 is 11.7 Å². The molecule has 2 aliphatic carbocycles. The molecular weight excluding hydrogens is 376 g/mol. The lowest BCUT2D eigenvalue weighted by atomic mass is 9.75. The van der Waals surface area contributed by atoms with E-state index in [0.29, 0.717) is 29.8 Å². The molecule has 0 aliphatic heterocycles. The number of carbonyl (C=O) groups is 2. The van der Waals surface area contributed by atoms with Gasteiger partial charge < -0.3 is 5.32 Å². The highest BCUT2D eigenvalue weighted by Crippen LogP contribution is 2.35. The molecule has 4 rings (SSSR count). The summed E-state index contributed by atoms with van der Waals surface area (Å²) in [5, 5.41) is 3.04. The molecule has 2 aromatic rings. The second-order valence-electron chi connectivity index (χ2n) is 9.64. The number of aryl methyl sites for hydroxylation is 1. The lowest BCUT2D eigenvalue weighted by molar-refractivity contribution is 0.0908. The second kappa shape index (κ2) is 7.86. The van der Waals surface area contributed by atoms with Gasteiger partial charge in [0.05, 0.1) is 0 Å². The van der Waals surface area contributed by atoms with Crippen molar-refractivity contribution in [1.29, 1.82) is 0 Å². The normalized spacial score (nSPS) is 18.7. The van der Waals surface area contributed by atoms with Crippen LogP contribution < -0.4 is 10.9 Å². The van der Waals surface area contributed by atoms with Gasteiger partial charge in [-0.05, 0) is 49.8 Å². The Balaban J connectivity index is 1.84. The molecule has 0 spiro atoms. The van der Waals surface area contributed by atoms with Gasteiger partial charge in [0.25, 0.3) is 11.5 Å². The van der Waals surface area contributed by atoms with Crippen LogP contribution in [0, 0.1) is 12.3 Å². The van der Waals surface area contributed by atoms with Crippen LogP contribution >= 0.6 is 0 Å². The fourth-order valence-electron chi connectivity index (χ4n) is 4.75. The molecule has 5 nitrogen and oxygen atoms in total. The predicted molar refractivity (Wildman–Crippen MR) is 118 cm³/mol. The van der Waals surface area contributed by atoms with Crippen molar-refractivity contribution in [2.45, 2.75) is 71.8 Å². The van der Waals surface area contributed by atoms with Gasteiger partial charge in [0, 0.05) is 29.4 Å². The van der Waals surface area contributed by atoms with Gasteiger partial charge >= 0.3 is 0 Å². The number of aromatic nitrogens is 1. The molecule has 0 unspecified atom stereocenters. The zero-order chi connectivity index (χ0) is 21.5. The Hall–Kier alpha value is -2.69. The summed E-state index contributed by atoms with van der Waals surface area (Å²) in [5.41, 5.74) is 2.48. The minimum Gasteiger partial charge on any atom is -0.349 e. The van der Waals surface area contributed by atoms with Crippen molar-refractivity contribution in [3.8, 4) is 5.69 Å². The van der Waals surface area contributed by atoms with Crippen LogP contribution in [0.25, 0.3) is 5.69 Å². The van der Waals surface area contributed by atoms with Crippen LogP contribution in [0.3, 0.4) is 0 Å². The highest BCUT2D eigenvalue weighted by Gasteiger charge is 2.35. The first-order chi connectivity index (χ1) is 14.2. The third kappa shape index (κ3) is 3.98. The number of rotatable bonds is 3. The molecule has 5 heteroatoms. The van der Waals surface area contributed by atoms with Crippen LogP contribution in [0.15, 0.2) is 35.1 Å².